The van der Waals surface area contributed by atoms with Crippen molar-refractivity contribution < 1.29 is 8.42 Å². The van der Waals surface area contributed by atoms with Gasteiger partial charge in [-0.15, -0.1) is 11.6 Å². The normalized spacial score (nSPS) is 11.8. The van der Waals surface area contributed by atoms with Gasteiger partial charge in [0.05, 0.1) is 5.69 Å². The van der Waals surface area contributed by atoms with Gasteiger partial charge >= 0.3 is 10.2 Å². The fourth-order valence-corrected chi connectivity index (χ4v) is 2.97. The van der Waals surface area contributed by atoms with Crippen LogP contribution in [0.25, 0.3) is 0 Å². The first-order chi connectivity index (χ1) is 8.93. The summed E-state index contributed by atoms with van der Waals surface area (Å²) in [6.07, 6.45) is 1.58. The van der Waals surface area contributed by atoms with Crippen molar-refractivity contribution in [2.75, 3.05) is 30.8 Å². The predicted molar refractivity (Wildman–Crippen MR) is 81.1 cm³/mol. The van der Waals surface area contributed by atoms with Gasteiger partial charge in [0.25, 0.3) is 0 Å². The van der Waals surface area contributed by atoms with Crippen LogP contribution in [0.4, 0.5) is 5.69 Å². The summed E-state index contributed by atoms with van der Waals surface area (Å²) in [4.78, 5) is 0. The van der Waals surface area contributed by atoms with Crippen molar-refractivity contribution >= 4 is 27.5 Å². The molecular formula is C13H21ClN2O2S. The lowest BCUT2D eigenvalue weighted by molar-refractivity contribution is 0.468. The molecule has 6 heteroatoms. The van der Waals surface area contributed by atoms with Crippen LogP contribution in [0.2, 0.25) is 0 Å². The van der Waals surface area contributed by atoms with Crippen LogP contribution >= 0.6 is 11.6 Å². The number of benzene rings is 1. The first-order valence-electron chi connectivity index (χ1n) is 6.28. The quantitative estimate of drug-likeness (QED) is 0.726. The van der Waals surface area contributed by atoms with Crippen LogP contribution in [0.15, 0.2) is 24.3 Å². The van der Waals surface area contributed by atoms with Gasteiger partial charge in [-0.25, -0.2) is 0 Å². The van der Waals surface area contributed by atoms with Gasteiger partial charge in [-0.1, -0.05) is 19.1 Å². The van der Waals surface area contributed by atoms with E-state index in [-0.39, 0.29) is 0 Å². The van der Waals surface area contributed by atoms with Crippen LogP contribution < -0.4 is 4.31 Å². The number of hydrogen-bond acceptors (Lipinski definition) is 2. The second-order valence-electron chi connectivity index (χ2n) is 4.36. The maximum atomic E-state index is 12.3. The molecule has 0 aliphatic carbocycles. The van der Waals surface area contributed by atoms with E-state index in [1.54, 1.807) is 14.1 Å². The summed E-state index contributed by atoms with van der Waals surface area (Å²) in [6.45, 7) is 2.48. The molecule has 0 radical (unpaired) electrons. The van der Waals surface area contributed by atoms with Gasteiger partial charge in [0.2, 0.25) is 0 Å². The van der Waals surface area contributed by atoms with Crippen molar-refractivity contribution in [2.24, 2.45) is 0 Å². The Labute approximate surface area is 121 Å². The Bertz CT molecular complexity index is 488. The number of aryl methyl sites for hydroxylation is 1. The molecule has 0 unspecified atom stereocenters. The lowest BCUT2D eigenvalue weighted by Gasteiger charge is -2.25. The monoisotopic (exact) mass is 304 g/mol. The summed E-state index contributed by atoms with van der Waals surface area (Å²) in [5, 5.41) is 0. The molecule has 0 aliphatic rings. The minimum atomic E-state index is -3.48. The van der Waals surface area contributed by atoms with E-state index < -0.39 is 10.2 Å². The molecule has 0 atom stereocenters. The SMILES string of the molecule is CCc1ccc(N(C)S(=O)(=O)N(C)CCCCl)cc1. The highest BCUT2D eigenvalue weighted by atomic mass is 35.5. The molecule has 0 saturated carbocycles. The standard InChI is InChI=1S/C13H21ClN2O2S/c1-4-12-6-8-13(9-7-12)16(3)19(17,18)15(2)11-5-10-14/h6-9H,4-5,10-11H2,1-3H3. The Balaban J connectivity index is 2.87. The second kappa shape index (κ2) is 7.12. The average Bonchev–Trinajstić information content (AvgIpc) is 2.43. The lowest BCUT2D eigenvalue weighted by Crippen LogP contribution is -2.40. The molecule has 0 heterocycles. The Hall–Kier alpha value is -0.780. The number of halogens is 1. The third-order valence-electron chi connectivity index (χ3n) is 3.05. The zero-order valence-corrected chi connectivity index (χ0v) is 13.2. The van der Waals surface area contributed by atoms with Gasteiger partial charge in [0.15, 0.2) is 0 Å². The smallest absolute Gasteiger partial charge is 0.261 e. The molecule has 0 fully saturated rings. The van der Waals surface area contributed by atoms with Gasteiger partial charge in [-0.3, -0.25) is 4.31 Å². The van der Waals surface area contributed by atoms with Crippen molar-refractivity contribution in [3.8, 4) is 0 Å². The van der Waals surface area contributed by atoms with Crippen molar-refractivity contribution in [3.63, 3.8) is 0 Å². The third kappa shape index (κ3) is 4.09. The summed E-state index contributed by atoms with van der Waals surface area (Å²) in [7, 11) is -0.345. The molecule has 1 rings (SSSR count). The zero-order valence-electron chi connectivity index (χ0n) is 11.6. The molecule has 0 saturated heterocycles. The summed E-state index contributed by atoms with van der Waals surface area (Å²) in [6, 6.07) is 7.54. The number of anilines is 1. The van der Waals surface area contributed by atoms with Crippen LogP contribution in [-0.4, -0.2) is 39.2 Å². The number of alkyl halides is 1. The van der Waals surface area contributed by atoms with Gasteiger partial charge < -0.3 is 0 Å². The van der Waals surface area contributed by atoms with Crippen molar-refractivity contribution in [2.45, 2.75) is 19.8 Å². The first kappa shape index (κ1) is 16.3. The van der Waals surface area contributed by atoms with Gasteiger partial charge in [-0.2, -0.15) is 12.7 Å². The highest BCUT2D eigenvalue weighted by Crippen LogP contribution is 2.19. The Kier molecular flexibility index (Phi) is 6.10. The van der Waals surface area contributed by atoms with E-state index in [0.717, 1.165) is 6.42 Å². The molecule has 1 aromatic rings. The van der Waals surface area contributed by atoms with E-state index in [4.69, 9.17) is 11.6 Å². The highest BCUT2D eigenvalue weighted by molar-refractivity contribution is 7.90. The number of rotatable bonds is 7. The Morgan fingerprint density at radius 1 is 1.16 bits per heavy atom. The zero-order chi connectivity index (χ0) is 14.5. The maximum Gasteiger partial charge on any atom is 0.303 e. The van der Waals surface area contributed by atoms with Crippen molar-refractivity contribution in [1.82, 2.24) is 4.31 Å². The number of hydrogen-bond donors (Lipinski definition) is 0. The molecule has 0 spiro atoms. The van der Waals surface area contributed by atoms with E-state index in [1.807, 2.05) is 24.3 Å². The van der Waals surface area contributed by atoms with Crippen LogP contribution in [0.1, 0.15) is 18.9 Å². The van der Waals surface area contributed by atoms with Crippen LogP contribution in [0.5, 0.6) is 0 Å². The van der Waals surface area contributed by atoms with Gasteiger partial charge in [0.1, 0.15) is 0 Å². The molecule has 0 N–H and O–H groups in total. The number of nitrogens with zero attached hydrogens (tertiary/aromatic N) is 2. The highest BCUT2D eigenvalue weighted by Gasteiger charge is 2.23. The third-order valence-corrected chi connectivity index (χ3v) is 5.20. The summed E-state index contributed by atoms with van der Waals surface area (Å²) >= 11 is 5.59. The van der Waals surface area contributed by atoms with E-state index in [2.05, 4.69) is 6.92 Å². The molecule has 0 aromatic heterocycles. The molecule has 0 bridgehead atoms. The second-order valence-corrected chi connectivity index (χ2v) is 6.80. The lowest BCUT2D eigenvalue weighted by atomic mass is 10.1. The fourth-order valence-electron chi connectivity index (χ4n) is 1.68. The molecule has 4 nitrogen and oxygen atoms in total. The van der Waals surface area contributed by atoms with E-state index >= 15 is 0 Å². The topological polar surface area (TPSA) is 40.6 Å². The van der Waals surface area contributed by atoms with E-state index in [0.29, 0.717) is 24.5 Å². The fraction of sp³-hybridized carbons (Fsp3) is 0.538. The van der Waals surface area contributed by atoms with E-state index in [1.165, 1.54) is 14.2 Å². The maximum absolute atomic E-state index is 12.3. The van der Waals surface area contributed by atoms with E-state index in [9.17, 15) is 8.42 Å². The average molecular weight is 305 g/mol. The molecule has 108 valence electrons. The van der Waals surface area contributed by atoms with Crippen LogP contribution in [0.3, 0.4) is 0 Å². The van der Waals surface area contributed by atoms with Gasteiger partial charge in [0, 0.05) is 26.5 Å². The Morgan fingerprint density at radius 3 is 2.21 bits per heavy atom. The summed E-state index contributed by atoms with van der Waals surface area (Å²) in [5.74, 6) is 0.453. The summed E-state index contributed by atoms with van der Waals surface area (Å²) < 4.78 is 27.2. The molecule has 1 aromatic carbocycles. The largest absolute Gasteiger partial charge is 0.303 e. The van der Waals surface area contributed by atoms with Gasteiger partial charge in [-0.05, 0) is 30.5 Å². The summed E-state index contributed by atoms with van der Waals surface area (Å²) in [5.41, 5.74) is 1.85. The first-order valence-corrected chi connectivity index (χ1v) is 8.21. The Morgan fingerprint density at radius 2 is 1.74 bits per heavy atom. The minimum Gasteiger partial charge on any atom is -0.261 e. The molecule has 0 amide bonds. The predicted octanol–water partition coefficient (Wildman–Crippen LogP) is 2.49. The van der Waals surface area contributed by atoms with Crippen molar-refractivity contribution in [3.05, 3.63) is 29.8 Å². The molecular weight excluding hydrogens is 284 g/mol. The molecule has 19 heavy (non-hydrogen) atoms. The van der Waals surface area contributed by atoms with Crippen molar-refractivity contribution in [1.29, 1.82) is 0 Å². The minimum absolute atomic E-state index is 0.420. The van der Waals surface area contributed by atoms with Crippen LogP contribution in [0, 0.1) is 0 Å². The van der Waals surface area contributed by atoms with Crippen LogP contribution in [-0.2, 0) is 16.6 Å². The molecule has 0 aliphatic heterocycles.